The van der Waals surface area contributed by atoms with Gasteiger partial charge in [0.25, 0.3) is 0 Å². The molecule has 0 aromatic heterocycles. The van der Waals surface area contributed by atoms with E-state index in [1.54, 1.807) is 6.21 Å². The van der Waals surface area contributed by atoms with Crippen LogP contribution in [-0.4, -0.2) is 24.4 Å². The minimum absolute atomic E-state index is 0.487. The fraction of sp³-hybridized carbons (Fsp3) is 0.364. The Morgan fingerprint density at radius 1 is 1.07 bits per heavy atom. The van der Waals surface area contributed by atoms with E-state index in [9.17, 15) is 0 Å². The van der Waals surface area contributed by atoms with Crippen LogP contribution in [0.2, 0.25) is 0 Å². The van der Waals surface area contributed by atoms with Gasteiger partial charge in [0.2, 0.25) is 0 Å². The van der Waals surface area contributed by atoms with Gasteiger partial charge in [0.1, 0.15) is 0 Å². The molecule has 0 aliphatic rings. The summed E-state index contributed by atoms with van der Waals surface area (Å²) in [5.41, 5.74) is 7.42. The average Bonchev–Trinajstić information content (AvgIpc) is 2.70. The number of hydrogen-bond donors (Lipinski definition) is 2. The van der Waals surface area contributed by atoms with E-state index < -0.39 is 0 Å². The summed E-state index contributed by atoms with van der Waals surface area (Å²) in [5.74, 6) is 0. The van der Waals surface area contributed by atoms with Crippen molar-refractivity contribution < 1.29 is 0 Å². The lowest BCUT2D eigenvalue weighted by Gasteiger charge is -2.22. The Kier molecular flexibility index (Phi) is 8.78. The van der Waals surface area contributed by atoms with Crippen molar-refractivity contribution in [3.63, 3.8) is 0 Å². The average molecular weight is 383 g/mol. The SMILES string of the molecule is CCCCN(CC)c1ccc(/C=N\NC(=S)Nc2ccccc2CC)cc1. The van der Waals surface area contributed by atoms with Crippen molar-refractivity contribution in [2.24, 2.45) is 5.10 Å². The number of nitrogens with zero attached hydrogens (tertiary/aromatic N) is 2. The second-order valence-electron chi connectivity index (χ2n) is 6.36. The maximum absolute atomic E-state index is 5.33. The van der Waals surface area contributed by atoms with Gasteiger partial charge in [-0.1, -0.05) is 50.6 Å². The van der Waals surface area contributed by atoms with Gasteiger partial charge in [0.15, 0.2) is 5.11 Å². The highest BCUT2D eigenvalue weighted by Crippen LogP contribution is 2.16. The summed E-state index contributed by atoms with van der Waals surface area (Å²) < 4.78 is 0. The molecule has 2 aromatic carbocycles. The van der Waals surface area contributed by atoms with Crippen molar-refractivity contribution in [3.8, 4) is 0 Å². The maximum Gasteiger partial charge on any atom is 0.191 e. The number of rotatable bonds is 9. The van der Waals surface area contributed by atoms with Gasteiger partial charge < -0.3 is 10.2 Å². The Hall–Kier alpha value is -2.40. The number of hydrazone groups is 1. The second-order valence-corrected chi connectivity index (χ2v) is 6.77. The number of para-hydroxylation sites is 1. The summed E-state index contributed by atoms with van der Waals surface area (Å²) >= 11 is 5.33. The van der Waals surface area contributed by atoms with E-state index in [0.717, 1.165) is 30.8 Å². The third kappa shape index (κ3) is 6.68. The highest BCUT2D eigenvalue weighted by atomic mass is 32.1. The summed E-state index contributed by atoms with van der Waals surface area (Å²) in [5, 5.41) is 7.93. The van der Waals surface area contributed by atoms with E-state index in [4.69, 9.17) is 12.2 Å². The molecule has 144 valence electrons. The molecule has 5 heteroatoms. The lowest BCUT2D eigenvalue weighted by atomic mass is 10.1. The molecule has 0 aliphatic carbocycles. The number of nitrogens with one attached hydrogen (secondary N) is 2. The zero-order valence-corrected chi connectivity index (χ0v) is 17.4. The normalized spacial score (nSPS) is 10.8. The van der Waals surface area contributed by atoms with E-state index in [1.165, 1.54) is 24.1 Å². The Labute approximate surface area is 168 Å². The van der Waals surface area contributed by atoms with Crippen LogP contribution >= 0.6 is 12.2 Å². The molecule has 2 aromatic rings. The highest BCUT2D eigenvalue weighted by Gasteiger charge is 2.03. The molecule has 0 saturated heterocycles. The number of anilines is 2. The first-order valence-electron chi connectivity index (χ1n) is 9.70. The Bertz CT molecular complexity index is 740. The van der Waals surface area contributed by atoms with Gasteiger partial charge in [-0.2, -0.15) is 5.10 Å². The first-order chi connectivity index (χ1) is 13.2. The Morgan fingerprint density at radius 3 is 2.48 bits per heavy atom. The number of hydrogen-bond acceptors (Lipinski definition) is 3. The molecule has 0 unspecified atom stereocenters. The molecule has 4 nitrogen and oxygen atoms in total. The van der Waals surface area contributed by atoms with Crippen LogP contribution in [0.4, 0.5) is 11.4 Å². The van der Waals surface area contributed by atoms with Crippen molar-refractivity contribution in [2.45, 2.75) is 40.0 Å². The smallest absolute Gasteiger partial charge is 0.191 e. The van der Waals surface area contributed by atoms with E-state index >= 15 is 0 Å². The van der Waals surface area contributed by atoms with Crippen LogP contribution in [0.3, 0.4) is 0 Å². The first-order valence-corrected chi connectivity index (χ1v) is 10.1. The molecule has 0 aliphatic heterocycles. The topological polar surface area (TPSA) is 39.7 Å². The standard InChI is InChI=1S/C22H30N4S/c1-4-7-16-26(6-3)20-14-12-18(13-15-20)17-23-25-22(27)24-21-11-9-8-10-19(21)5-2/h8-15,17H,4-7,16H2,1-3H3,(H2,24,25,27)/b23-17-. The number of aryl methyl sites for hydroxylation is 1. The molecule has 2 rings (SSSR count). The van der Waals surface area contributed by atoms with E-state index in [0.29, 0.717) is 5.11 Å². The minimum Gasteiger partial charge on any atom is -0.372 e. The van der Waals surface area contributed by atoms with Crippen LogP contribution in [0.5, 0.6) is 0 Å². The highest BCUT2D eigenvalue weighted by molar-refractivity contribution is 7.80. The summed E-state index contributed by atoms with van der Waals surface area (Å²) in [6.07, 6.45) is 5.16. The number of benzene rings is 2. The molecular formula is C22H30N4S. The number of unbranched alkanes of at least 4 members (excludes halogenated alkanes) is 1. The van der Waals surface area contributed by atoms with Crippen molar-refractivity contribution in [3.05, 3.63) is 59.7 Å². The predicted molar refractivity (Wildman–Crippen MR) is 122 cm³/mol. The lowest BCUT2D eigenvalue weighted by Crippen LogP contribution is -2.24. The van der Waals surface area contributed by atoms with Crippen LogP contribution in [0.15, 0.2) is 53.6 Å². The van der Waals surface area contributed by atoms with Crippen molar-refractivity contribution in [1.82, 2.24) is 5.43 Å². The fourth-order valence-electron chi connectivity index (χ4n) is 2.86. The van der Waals surface area contributed by atoms with E-state index in [1.807, 2.05) is 18.2 Å². The molecule has 27 heavy (non-hydrogen) atoms. The van der Waals surface area contributed by atoms with Gasteiger partial charge >= 0.3 is 0 Å². The molecule has 0 saturated carbocycles. The second kappa shape index (κ2) is 11.3. The molecular weight excluding hydrogens is 352 g/mol. The molecule has 0 radical (unpaired) electrons. The van der Waals surface area contributed by atoms with Gasteiger partial charge in [0.05, 0.1) is 6.21 Å². The fourth-order valence-corrected chi connectivity index (χ4v) is 3.02. The van der Waals surface area contributed by atoms with E-state index in [2.05, 4.69) is 71.8 Å². The van der Waals surface area contributed by atoms with Crippen LogP contribution in [-0.2, 0) is 6.42 Å². The predicted octanol–water partition coefficient (Wildman–Crippen LogP) is 5.20. The van der Waals surface area contributed by atoms with Gasteiger partial charge in [-0.25, -0.2) is 0 Å². The van der Waals surface area contributed by atoms with Crippen LogP contribution in [0.1, 0.15) is 44.7 Å². The lowest BCUT2D eigenvalue weighted by molar-refractivity contribution is 0.732. The third-order valence-electron chi connectivity index (χ3n) is 4.45. The molecule has 0 amide bonds. The summed E-state index contributed by atoms with van der Waals surface area (Å²) in [6, 6.07) is 16.6. The molecule has 2 N–H and O–H groups in total. The monoisotopic (exact) mass is 382 g/mol. The van der Waals surface area contributed by atoms with Crippen LogP contribution in [0.25, 0.3) is 0 Å². The van der Waals surface area contributed by atoms with Crippen molar-refractivity contribution in [1.29, 1.82) is 0 Å². The summed E-state index contributed by atoms with van der Waals surface area (Å²) in [4.78, 5) is 2.40. The van der Waals surface area contributed by atoms with Crippen LogP contribution in [0, 0.1) is 0 Å². The van der Waals surface area contributed by atoms with Crippen LogP contribution < -0.4 is 15.6 Å². The van der Waals surface area contributed by atoms with Crippen molar-refractivity contribution in [2.75, 3.05) is 23.3 Å². The zero-order chi connectivity index (χ0) is 19.5. The molecule has 0 spiro atoms. The van der Waals surface area contributed by atoms with E-state index in [-0.39, 0.29) is 0 Å². The molecule has 0 bridgehead atoms. The van der Waals surface area contributed by atoms with Gasteiger partial charge in [0, 0.05) is 24.5 Å². The molecule has 0 fully saturated rings. The summed E-state index contributed by atoms with van der Waals surface area (Å²) in [7, 11) is 0. The minimum atomic E-state index is 0.487. The van der Waals surface area contributed by atoms with Gasteiger partial charge in [-0.3, -0.25) is 5.43 Å². The van der Waals surface area contributed by atoms with Gasteiger partial charge in [-0.15, -0.1) is 0 Å². The largest absolute Gasteiger partial charge is 0.372 e. The Morgan fingerprint density at radius 2 is 1.81 bits per heavy atom. The Balaban J connectivity index is 1.89. The molecule has 0 heterocycles. The third-order valence-corrected chi connectivity index (χ3v) is 4.64. The van der Waals surface area contributed by atoms with Crippen molar-refractivity contribution >= 4 is 34.9 Å². The summed E-state index contributed by atoms with van der Waals surface area (Å²) in [6.45, 7) is 8.66. The quantitative estimate of drug-likeness (QED) is 0.355. The first kappa shape index (κ1) is 20.9. The number of thiocarbonyl (C=S) groups is 1. The van der Waals surface area contributed by atoms with Gasteiger partial charge in [-0.05, 0) is 61.3 Å². The zero-order valence-electron chi connectivity index (χ0n) is 16.5. The molecule has 0 atom stereocenters. The maximum atomic E-state index is 5.33.